The lowest BCUT2D eigenvalue weighted by atomic mass is 9.90. The first kappa shape index (κ1) is 19.8. The Morgan fingerprint density at radius 2 is 1.74 bits per heavy atom. The highest BCUT2D eigenvalue weighted by molar-refractivity contribution is 6.33. The second kappa shape index (κ2) is 8.52. The first-order chi connectivity index (χ1) is 15.2. The lowest BCUT2D eigenvalue weighted by Crippen LogP contribution is -2.38. The molecule has 1 aliphatic rings. The lowest BCUT2D eigenvalue weighted by Gasteiger charge is -2.32. The van der Waals surface area contributed by atoms with Crippen LogP contribution in [0.25, 0.3) is 16.9 Å². The zero-order chi connectivity index (χ0) is 21.2. The fourth-order valence-electron chi connectivity index (χ4n) is 4.37. The summed E-state index contributed by atoms with van der Waals surface area (Å²) in [4.78, 5) is 19.6. The zero-order valence-corrected chi connectivity index (χ0v) is 17.9. The van der Waals surface area contributed by atoms with Crippen LogP contribution in [0.1, 0.15) is 28.8 Å². The minimum absolute atomic E-state index is 0.00281. The van der Waals surface area contributed by atoms with Crippen LogP contribution < -0.4 is 0 Å². The highest BCUT2D eigenvalue weighted by Crippen LogP contribution is 2.29. The molecule has 156 valence electrons. The summed E-state index contributed by atoms with van der Waals surface area (Å²) >= 11 is 6.39. The van der Waals surface area contributed by atoms with Crippen molar-refractivity contribution in [3.05, 3.63) is 89.2 Å². The second-order valence-corrected chi connectivity index (χ2v) is 8.44. The van der Waals surface area contributed by atoms with E-state index in [1.807, 2.05) is 41.3 Å². The van der Waals surface area contributed by atoms with Crippen LogP contribution in [0.5, 0.6) is 0 Å². The molecule has 6 heteroatoms. The van der Waals surface area contributed by atoms with Crippen LogP contribution in [0.4, 0.5) is 0 Å². The molecule has 0 aliphatic carbocycles. The first-order valence-electron chi connectivity index (χ1n) is 10.6. The van der Waals surface area contributed by atoms with Gasteiger partial charge in [-0.3, -0.25) is 4.79 Å². The van der Waals surface area contributed by atoms with Crippen LogP contribution in [0, 0.1) is 5.92 Å². The summed E-state index contributed by atoms with van der Waals surface area (Å²) < 4.78 is 1.70. The molecule has 1 saturated heterocycles. The number of piperidine rings is 1. The normalized spacial score (nSPS) is 14.8. The molecule has 5 rings (SSSR count). The molecule has 5 nitrogen and oxygen atoms in total. The number of likely N-dealkylation sites (tertiary alicyclic amines) is 1. The molecular formula is C25H23ClN4O. The van der Waals surface area contributed by atoms with Gasteiger partial charge in [-0.1, -0.05) is 60.1 Å². The third kappa shape index (κ3) is 3.93. The van der Waals surface area contributed by atoms with Gasteiger partial charge in [-0.25, -0.2) is 9.50 Å². The number of hydrogen-bond acceptors (Lipinski definition) is 3. The summed E-state index contributed by atoms with van der Waals surface area (Å²) in [5.41, 5.74) is 4.15. The van der Waals surface area contributed by atoms with Crippen molar-refractivity contribution in [1.29, 1.82) is 0 Å². The third-order valence-electron chi connectivity index (χ3n) is 6.05. The van der Waals surface area contributed by atoms with Gasteiger partial charge in [0, 0.05) is 29.9 Å². The molecule has 1 aliphatic heterocycles. The van der Waals surface area contributed by atoms with Gasteiger partial charge in [0.1, 0.15) is 5.56 Å². The topological polar surface area (TPSA) is 50.5 Å². The Hall–Kier alpha value is -3.18. The van der Waals surface area contributed by atoms with Gasteiger partial charge >= 0.3 is 0 Å². The first-order valence-corrected chi connectivity index (χ1v) is 11.0. The van der Waals surface area contributed by atoms with Gasteiger partial charge in [0.2, 0.25) is 0 Å². The summed E-state index contributed by atoms with van der Waals surface area (Å²) in [6.45, 7) is 1.52. The van der Waals surface area contributed by atoms with Crippen molar-refractivity contribution in [3.63, 3.8) is 0 Å². The molecule has 1 fully saturated rings. The number of hydrogen-bond donors (Lipinski definition) is 0. The number of rotatable bonds is 4. The van der Waals surface area contributed by atoms with Crippen LogP contribution in [-0.2, 0) is 6.42 Å². The maximum Gasteiger partial charge on any atom is 0.259 e. The van der Waals surface area contributed by atoms with Crippen molar-refractivity contribution in [2.45, 2.75) is 19.3 Å². The van der Waals surface area contributed by atoms with E-state index in [1.54, 1.807) is 16.9 Å². The standard InChI is InChI=1S/C25H23ClN4O/c26-22-9-5-4-8-20(22)23-10-13-27-24-21(17-28-30(23)24)25(31)29-14-11-19(12-15-29)16-18-6-2-1-3-7-18/h1-10,13,17,19H,11-12,14-16H2. The summed E-state index contributed by atoms with van der Waals surface area (Å²) in [5, 5.41) is 5.11. The number of nitrogens with zero attached hydrogens (tertiary/aromatic N) is 4. The molecule has 0 unspecified atom stereocenters. The Labute approximate surface area is 186 Å². The number of carbonyl (C=O) groups excluding carboxylic acids is 1. The summed E-state index contributed by atoms with van der Waals surface area (Å²) in [6.07, 6.45) is 6.43. The third-order valence-corrected chi connectivity index (χ3v) is 6.38. The lowest BCUT2D eigenvalue weighted by molar-refractivity contribution is 0.0692. The summed E-state index contributed by atoms with van der Waals surface area (Å²) in [7, 11) is 0. The minimum Gasteiger partial charge on any atom is -0.338 e. The van der Waals surface area contributed by atoms with Crippen LogP contribution in [0.3, 0.4) is 0 Å². The zero-order valence-electron chi connectivity index (χ0n) is 17.1. The van der Waals surface area contributed by atoms with E-state index < -0.39 is 0 Å². The van der Waals surface area contributed by atoms with Gasteiger partial charge in [-0.2, -0.15) is 5.10 Å². The molecule has 0 saturated carbocycles. The highest BCUT2D eigenvalue weighted by Gasteiger charge is 2.26. The Bertz CT molecular complexity index is 1210. The van der Waals surface area contributed by atoms with E-state index in [0.29, 0.717) is 22.2 Å². The number of carbonyl (C=O) groups is 1. The molecule has 3 heterocycles. The average Bonchev–Trinajstić information content (AvgIpc) is 3.25. The van der Waals surface area contributed by atoms with Crippen LogP contribution in [-0.4, -0.2) is 38.5 Å². The van der Waals surface area contributed by atoms with Crippen LogP contribution >= 0.6 is 11.6 Å². The van der Waals surface area contributed by atoms with Crippen LogP contribution in [0.2, 0.25) is 5.02 Å². The van der Waals surface area contributed by atoms with E-state index >= 15 is 0 Å². The highest BCUT2D eigenvalue weighted by atomic mass is 35.5. The maximum absolute atomic E-state index is 13.3. The maximum atomic E-state index is 13.3. The fraction of sp³-hybridized carbons (Fsp3) is 0.240. The number of benzene rings is 2. The van der Waals surface area contributed by atoms with Crippen molar-refractivity contribution >= 4 is 23.2 Å². The Balaban J connectivity index is 1.34. The molecule has 31 heavy (non-hydrogen) atoms. The predicted octanol–water partition coefficient (Wildman–Crippen LogP) is 5.14. The number of halogens is 1. The van der Waals surface area contributed by atoms with Gasteiger partial charge in [-0.05, 0) is 42.9 Å². The Morgan fingerprint density at radius 1 is 1.00 bits per heavy atom. The molecule has 0 radical (unpaired) electrons. The molecule has 2 aromatic carbocycles. The molecule has 1 amide bonds. The number of aromatic nitrogens is 3. The van der Waals surface area contributed by atoms with E-state index in [1.165, 1.54) is 5.56 Å². The summed E-state index contributed by atoms with van der Waals surface area (Å²) in [5.74, 6) is 0.609. The molecule has 2 aromatic heterocycles. The molecular weight excluding hydrogens is 408 g/mol. The van der Waals surface area contributed by atoms with Gasteiger partial charge in [-0.15, -0.1) is 0 Å². The fourth-order valence-corrected chi connectivity index (χ4v) is 4.61. The summed E-state index contributed by atoms with van der Waals surface area (Å²) in [6, 6.07) is 20.1. The number of amides is 1. The van der Waals surface area contributed by atoms with Gasteiger partial charge in [0.15, 0.2) is 5.65 Å². The van der Waals surface area contributed by atoms with Gasteiger partial charge in [0.05, 0.1) is 11.9 Å². The van der Waals surface area contributed by atoms with E-state index in [-0.39, 0.29) is 5.91 Å². The van der Waals surface area contributed by atoms with E-state index in [2.05, 4.69) is 34.3 Å². The average molecular weight is 431 g/mol. The smallest absolute Gasteiger partial charge is 0.259 e. The van der Waals surface area contributed by atoms with Crippen molar-refractivity contribution in [2.24, 2.45) is 5.92 Å². The largest absolute Gasteiger partial charge is 0.338 e. The van der Waals surface area contributed by atoms with Crippen molar-refractivity contribution in [1.82, 2.24) is 19.5 Å². The monoisotopic (exact) mass is 430 g/mol. The van der Waals surface area contributed by atoms with Crippen molar-refractivity contribution < 1.29 is 4.79 Å². The molecule has 0 spiro atoms. The van der Waals surface area contributed by atoms with Gasteiger partial charge in [0.25, 0.3) is 5.91 Å². The van der Waals surface area contributed by atoms with Crippen LogP contribution in [0.15, 0.2) is 73.1 Å². The predicted molar refractivity (Wildman–Crippen MR) is 122 cm³/mol. The van der Waals surface area contributed by atoms with Gasteiger partial charge < -0.3 is 4.90 Å². The van der Waals surface area contributed by atoms with E-state index in [4.69, 9.17) is 11.6 Å². The minimum atomic E-state index is -0.00281. The number of fused-ring (bicyclic) bond motifs is 1. The molecule has 0 bridgehead atoms. The van der Waals surface area contributed by atoms with Crippen molar-refractivity contribution in [3.8, 4) is 11.3 Å². The van der Waals surface area contributed by atoms with E-state index in [9.17, 15) is 4.79 Å². The SMILES string of the molecule is O=C(c1cnn2c(-c3ccccc3Cl)ccnc12)N1CCC(Cc2ccccc2)CC1. The molecule has 0 atom stereocenters. The van der Waals surface area contributed by atoms with E-state index in [0.717, 1.165) is 43.6 Å². The molecule has 0 N–H and O–H groups in total. The quantitative estimate of drug-likeness (QED) is 0.450. The Kier molecular flexibility index (Phi) is 5.43. The second-order valence-electron chi connectivity index (χ2n) is 8.03. The van der Waals surface area contributed by atoms with Crippen molar-refractivity contribution in [2.75, 3.05) is 13.1 Å². The molecule has 4 aromatic rings. The Morgan fingerprint density at radius 3 is 2.52 bits per heavy atom.